The Balaban J connectivity index is 2.44. The molecule has 92 valence electrons. The van der Waals surface area contributed by atoms with Crippen molar-refractivity contribution in [2.24, 2.45) is 7.05 Å². The largest absolute Gasteiger partial charge is 0.494 e. The molecule has 0 saturated carbocycles. The van der Waals surface area contributed by atoms with Gasteiger partial charge in [-0.15, -0.1) is 0 Å². The average molecular weight is 245 g/mol. The Morgan fingerprint density at radius 2 is 2.22 bits per heavy atom. The number of para-hydroxylation sites is 1. The van der Waals surface area contributed by atoms with Crippen LogP contribution < -0.4 is 4.74 Å². The number of carbonyl (C=O) groups is 1. The zero-order valence-electron chi connectivity index (χ0n) is 9.91. The van der Waals surface area contributed by atoms with E-state index in [0.29, 0.717) is 11.5 Å². The summed E-state index contributed by atoms with van der Waals surface area (Å²) in [5, 5.41) is 9.07. The number of aromatic carboxylic acids is 1. The van der Waals surface area contributed by atoms with Crippen LogP contribution in [0.2, 0.25) is 0 Å². The molecule has 0 aliphatic heterocycles. The topological polar surface area (TPSA) is 68.8 Å². The fourth-order valence-electron chi connectivity index (χ4n) is 2.12. The predicted octanol–water partition coefficient (Wildman–Crippen LogP) is 1.53. The van der Waals surface area contributed by atoms with Gasteiger partial charge >= 0.3 is 5.97 Å². The molecule has 1 N–H and O–H groups in total. The van der Waals surface area contributed by atoms with Gasteiger partial charge < -0.3 is 14.4 Å². The Hall–Kier alpha value is -2.50. The maximum absolute atomic E-state index is 11.1. The third-order valence-corrected chi connectivity index (χ3v) is 3.02. The van der Waals surface area contributed by atoms with Crippen LogP contribution in [0.1, 0.15) is 10.5 Å². The van der Waals surface area contributed by atoms with E-state index in [2.05, 4.69) is 4.98 Å². The summed E-state index contributed by atoms with van der Waals surface area (Å²) < 4.78 is 8.54. The van der Waals surface area contributed by atoms with E-state index in [1.807, 2.05) is 18.2 Å². The van der Waals surface area contributed by atoms with E-state index in [0.717, 1.165) is 11.0 Å². The Bertz CT molecular complexity index is 770. The molecule has 2 heterocycles. The molecule has 0 aliphatic rings. The summed E-state index contributed by atoms with van der Waals surface area (Å²) in [7, 11) is 3.26. The third kappa shape index (κ3) is 1.22. The molecule has 6 heteroatoms. The molecule has 0 bridgehead atoms. The monoisotopic (exact) mass is 245 g/mol. The van der Waals surface area contributed by atoms with Gasteiger partial charge in [-0.25, -0.2) is 9.78 Å². The van der Waals surface area contributed by atoms with E-state index < -0.39 is 5.97 Å². The van der Waals surface area contributed by atoms with Gasteiger partial charge in [-0.05, 0) is 12.1 Å². The van der Waals surface area contributed by atoms with Gasteiger partial charge in [-0.3, -0.25) is 4.40 Å². The molecule has 0 saturated heterocycles. The minimum absolute atomic E-state index is 0.196. The summed E-state index contributed by atoms with van der Waals surface area (Å²) >= 11 is 0. The van der Waals surface area contributed by atoms with E-state index >= 15 is 0 Å². The normalized spacial score (nSPS) is 11.2. The summed E-state index contributed by atoms with van der Waals surface area (Å²) in [5.74, 6) is 0.277. The van der Waals surface area contributed by atoms with Gasteiger partial charge in [0.15, 0.2) is 0 Å². The first kappa shape index (κ1) is 10.6. The SMILES string of the molecule is COc1cccc2c1nc1n(C)c(C(=O)O)cn21. The van der Waals surface area contributed by atoms with Crippen molar-refractivity contribution < 1.29 is 14.6 Å². The average Bonchev–Trinajstić information content (AvgIpc) is 2.87. The molecule has 3 aromatic rings. The van der Waals surface area contributed by atoms with E-state index in [-0.39, 0.29) is 5.69 Å². The lowest BCUT2D eigenvalue weighted by Crippen LogP contribution is -2.04. The molecule has 0 amide bonds. The third-order valence-electron chi connectivity index (χ3n) is 3.02. The van der Waals surface area contributed by atoms with Crippen molar-refractivity contribution in [1.29, 1.82) is 0 Å². The maximum Gasteiger partial charge on any atom is 0.354 e. The van der Waals surface area contributed by atoms with E-state index in [4.69, 9.17) is 9.84 Å². The van der Waals surface area contributed by atoms with Crippen LogP contribution in [0.25, 0.3) is 16.8 Å². The lowest BCUT2D eigenvalue weighted by Gasteiger charge is -1.99. The van der Waals surface area contributed by atoms with Crippen LogP contribution in [0.15, 0.2) is 24.4 Å². The molecule has 0 aliphatic carbocycles. The van der Waals surface area contributed by atoms with Crippen molar-refractivity contribution >= 4 is 22.8 Å². The predicted molar refractivity (Wildman–Crippen MR) is 65.2 cm³/mol. The number of benzene rings is 1. The zero-order valence-corrected chi connectivity index (χ0v) is 9.91. The summed E-state index contributed by atoms with van der Waals surface area (Å²) in [6.07, 6.45) is 1.56. The fourth-order valence-corrected chi connectivity index (χ4v) is 2.12. The van der Waals surface area contributed by atoms with E-state index in [1.165, 1.54) is 0 Å². The smallest absolute Gasteiger partial charge is 0.354 e. The first-order chi connectivity index (χ1) is 8.63. The highest BCUT2D eigenvalue weighted by atomic mass is 16.5. The number of hydrogen-bond acceptors (Lipinski definition) is 3. The van der Waals surface area contributed by atoms with Gasteiger partial charge in [0.1, 0.15) is 17.0 Å². The summed E-state index contributed by atoms with van der Waals surface area (Å²) in [5.41, 5.74) is 1.75. The van der Waals surface area contributed by atoms with Gasteiger partial charge in [0.2, 0.25) is 5.78 Å². The second kappa shape index (κ2) is 3.49. The fraction of sp³-hybridized carbons (Fsp3) is 0.167. The lowest BCUT2D eigenvalue weighted by molar-refractivity contribution is 0.0687. The highest BCUT2D eigenvalue weighted by Gasteiger charge is 2.17. The number of hydrogen-bond donors (Lipinski definition) is 1. The minimum Gasteiger partial charge on any atom is -0.494 e. The van der Waals surface area contributed by atoms with E-state index in [1.54, 1.807) is 29.3 Å². The van der Waals surface area contributed by atoms with Crippen LogP contribution >= 0.6 is 0 Å². The Morgan fingerprint density at radius 3 is 2.89 bits per heavy atom. The maximum atomic E-state index is 11.1. The summed E-state index contributed by atoms with van der Waals surface area (Å²) in [6.45, 7) is 0. The highest BCUT2D eigenvalue weighted by molar-refractivity contribution is 5.90. The number of fused-ring (bicyclic) bond motifs is 3. The molecule has 2 aromatic heterocycles. The first-order valence-corrected chi connectivity index (χ1v) is 5.37. The number of nitrogens with zero attached hydrogens (tertiary/aromatic N) is 3. The van der Waals surface area contributed by atoms with Crippen LogP contribution in [-0.4, -0.2) is 32.1 Å². The molecule has 3 rings (SSSR count). The summed E-state index contributed by atoms with van der Waals surface area (Å²) in [4.78, 5) is 15.5. The number of methoxy groups -OCH3 is 1. The summed E-state index contributed by atoms with van der Waals surface area (Å²) in [6, 6.07) is 5.55. The Kier molecular flexibility index (Phi) is 2.07. The number of ether oxygens (including phenoxy) is 1. The Labute approximate surface area is 102 Å². The number of imidazole rings is 2. The molecular formula is C12H11N3O3. The molecular weight excluding hydrogens is 234 g/mol. The molecule has 0 unspecified atom stereocenters. The number of carboxylic acids is 1. The van der Waals surface area contributed by atoms with Crippen LogP contribution in [0.3, 0.4) is 0 Å². The van der Waals surface area contributed by atoms with Crippen molar-refractivity contribution in [2.45, 2.75) is 0 Å². The van der Waals surface area contributed by atoms with Crippen LogP contribution in [-0.2, 0) is 7.05 Å². The van der Waals surface area contributed by atoms with Crippen LogP contribution in [0.4, 0.5) is 0 Å². The molecule has 6 nitrogen and oxygen atoms in total. The van der Waals surface area contributed by atoms with Crippen LogP contribution in [0.5, 0.6) is 5.75 Å². The number of aryl methyl sites for hydroxylation is 1. The first-order valence-electron chi connectivity index (χ1n) is 5.37. The van der Waals surface area contributed by atoms with Crippen molar-refractivity contribution in [2.75, 3.05) is 7.11 Å². The zero-order chi connectivity index (χ0) is 12.9. The number of rotatable bonds is 2. The second-order valence-electron chi connectivity index (χ2n) is 3.99. The molecule has 1 aromatic carbocycles. The van der Waals surface area contributed by atoms with Gasteiger partial charge in [-0.2, -0.15) is 0 Å². The second-order valence-corrected chi connectivity index (χ2v) is 3.99. The number of aromatic nitrogens is 3. The molecule has 0 fully saturated rings. The van der Waals surface area contributed by atoms with Crippen molar-refractivity contribution in [3.05, 3.63) is 30.1 Å². The molecule has 0 atom stereocenters. The molecule has 18 heavy (non-hydrogen) atoms. The van der Waals surface area contributed by atoms with Gasteiger partial charge in [-0.1, -0.05) is 6.07 Å². The molecule has 0 radical (unpaired) electrons. The van der Waals surface area contributed by atoms with Crippen molar-refractivity contribution in [1.82, 2.24) is 14.0 Å². The van der Waals surface area contributed by atoms with E-state index in [9.17, 15) is 4.79 Å². The quantitative estimate of drug-likeness (QED) is 0.743. The van der Waals surface area contributed by atoms with Crippen LogP contribution in [0, 0.1) is 0 Å². The Morgan fingerprint density at radius 1 is 1.44 bits per heavy atom. The highest BCUT2D eigenvalue weighted by Crippen LogP contribution is 2.26. The van der Waals surface area contributed by atoms with Gasteiger partial charge in [0.05, 0.1) is 12.6 Å². The van der Waals surface area contributed by atoms with Crippen molar-refractivity contribution in [3.63, 3.8) is 0 Å². The number of carboxylic acid groups (broad SMARTS) is 1. The van der Waals surface area contributed by atoms with Gasteiger partial charge in [0, 0.05) is 13.2 Å². The molecule has 0 spiro atoms. The lowest BCUT2D eigenvalue weighted by atomic mass is 10.3. The van der Waals surface area contributed by atoms with Crippen molar-refractivity contribution in [3.8, 4) is 5.75 Å². The standard InChI is InChI=1S/C12H11N3O3/c1-14-8(11(16)17)6-15-7-4-3-5-9(18-2)10(7)13-12(14)15/h3-6H,1-2H3,(H,16,17). The van der Waals surface area contributed by atoms with Gasteiger partial charge in [0.25, 0.3) is 0 Å². The minimum atomic E-state index is -0.973.